The number of rotatable bonds is 4. The average molecular weight is 235 g/mol. The Morgan fingerprint density at radius 3 is 2.88 bits per heavy atom. The molecule has 0 unspecified atom stereocenters. The van der Waals surface area contributed by atoms with E-state index in [-0.39, 0.29) is 12.5 Å². The van der Waals surface area contributed by atoms with Crippen molar-refractivity contribution in [2.24, 2.45) is 0 Å². The molecule has 1 heterocycles. The number of ether oxygens (including phenoxy) is 1. The minimum atomic E-state index is 0.00490. The van der Waals surface area contributed by atoms with Crippen LogP contribution in [-0.4, -0.2) is 29.6 Å². The highest BCUT2D eigenvalue weighted by molar-refractivity contribution is 5.78. The Hall–Kier alpha value is -1.55. The topological polar surface area (TPSA) is 49.8 Å². The number of aliphatic hydroxyl groups is 1. The van der Waals surface area contributed by atoms with Gasteiger partial charge in [0.15, 0.2) is 0 Å². The summed E-state index contributed by atoms with van der Waals surface area (Å²) in [6.07, 6.45) is 1.57. The van der Waals surface area contributed by atoms with Crippen LogP contribution in [0.1, 0.15) is 24.0 Å². The normalized spacial score (nSPS) is 15.4. The van der Waals surface area contributed by atoms with Gasteiger partial charge in [-0.25, -0.2) is 0 Å². The van der Waals surface area contributed by atoms with E-state index in [2.05, 4.69) is 0 Å². The monoisotopic (exact) mass is 235 g/mol. The van der Waals surface area contributed by atoms with Gasteiger partial charge in [0.25, 0.3) is 0 Å². The second-order valence-corrected chi connectivity index (χ2v) is 4.22. The van der Waals surface area contributed by atoms with Gasteiger partial charge in [0.2, 0.25) is 5.91 Å². The molecule has 17 heavy (non-hydrogen) atoms. The van der Waals surface area contributed by atoms with Crippen molar-refractivity contribution in [1.29, 1.82) is 0 Å². The first kappa shape index (κ1) is 11.9. The summed E-state index contributed by atoms with van der Waals surface area (Å²) in [6, 6.07) is 5.56. The van der Waals surface area contributed by atoms with Crippen molar-refractivity contribution in [3.63, 3.8) is 0 Å². The molecule has 4 heteroatoms. The highest BCUT2D eigenvalue weighted by atomic mass is 16.5. The van der Waals surface area contributed by atoms with E-state index in [4.69, 9.17) is 9.84 Å². The molecule has 1 aliphatic rings. The van der Waals surface area contributed by atoms with Crippen LogP contribution in [0.15, 0.2) is 18.2 Å². The SMILES string of the molecule is COc1ccc(CO)cc1CN1CCCC1=O. The molecule has 1 N–H and O–H groups in total. The second-order valence-electron chi connectivity index (χ2n) is 4.22. The molecular weight excluding hydrogens is 218 g/mol. The molecule has 0 atom stereocenters. The van der Waals surface area contributed by atoms with E-state index in [0.717, 1.165) is 29.8 Å². The smallest absolute Gasteiger partial charge is 0.222 e. The molecule has 1 fully saturated rings. The van der Waals surface area contributed by atoms with Crippen LogP contribution in [0.4, 0.5) is 0 Å². The lowest BCUT2D eigenvalue weighted by Gasteiger charge is -2.18. The molecule has 0 spiro atoms. The fourth-order valence-corrected chi connectivity index (χ4v) is 2.13. The summed E-state index contributed by atoms with van der Waals surface area (Å²) in [6.45, 7) is 1.38. The lowest BCUT2D eigenvalue weighted by Crippen LogP contribution is -2.24. The number of methoxy groups -OCH3 is 1. The van der Waals surface area contributed by atoms with Gasteiger partial charge in [0.1, 0.15) is 5.75 Å². The van der Waals surface area contributed by atoms with E-state index in [9.17, 15) is 4.79 Å². The van der Waals surface area contributed by atoms with E-state index in [1.54, 1.807) is 7.11 Å². The van der Waals surface area contributed by atoms with Crippen molar-refractivity contribution >= 4 is 5.91 Å². The predicted octanol–water partition coefficient (Wildman–Crippen LogP) is 1.31. The molecule has 1 saturated heterocycles. The third-order valence-electron chi connectivity index (χ3n) is 3.06. The van der Waals surface area contributed by atoms with Crippen molar-refractivity contribution < 1.29 is 14.6 Å². The Morgan fingerprint density at radius 2 is 2.29 bits per heavy atom. The highest BCUT2D eigenvalue weighted by Gasteiger charge is 2.21. The van der Waals surface area contributed by atoms with Crippen molar-refractivity contribution in [2.75, 3.05) is 13.7 Å². The first-order chi connectivity index (χ1) is 8.24. The summed E-state index contributed by atoms with van der Waals surface area (Å²) < 4.78 is 5.27. The van der Waals surface area contributed by atoms with E-state index in [1.165, 1.54) is 0 Å². The van der Waals surface area contributed by atoms with Crippen molar-refractivity contribution in [3.05, 3.63) is 29.3 Å². The maximum Gasteiger partial charge on any atom is 0.222 e. The largest absolute Gasteiger partial charge is 0.496 e. The Labute approximate surface area is 101 Å². The molecule has 0 bridgehead atoms. The number of carbonyl (C=O) groups excluding carboxylic acids is 1. The quantitative estimate of drug-likeness (QED) is 0.856. The van der Waals surface area contributed by atoms with Crippen LogP contribution >= 0.6 is 0 Å². The van der Waals surface area contributed by atoms with Gasteiger partial charge >= 0.3 is 0 Å². The maximum atomic E-state index is 11.6. The minimum absolute atomic E-state index is 0.00490. The highest BCUT2D eigenvalue weighted by Crippen LogP contribution is 2.23. The maximum absolute atomic E-state index is 11.6. The molecule has 2 rings (SSSR count). The van der Waals surface area contributed by atoms with Crippen LogP contribution in [0.3, 0.4) is 0 Å². The molecule has 0 aliphatic carbocycles. The lowest BCUT2D eigenvalue weighted by molar-refractivity contribution is -0.128. The zero-order valence-corrected chi connectivity index (χ0v) is 9.98. The molecule has 1 aromatic carbocycles. The Balaban J connectivity index is 2.20. The molecule has 0 saturated carbocycles. The van der Waals surface area contributed by atoms with Gasteiger partial charge in [-0.3, -0.25) is 4.79 Å². The van der Waals surface area contributed by atoms with E-state index in [1.807, 2.05) is 23.1 Å². The number of carbonyl (C=O) groups is 1. The number of likely N-dealkylation sites (tertiary alicyclic amines) is 1. The number of benzene rings is 1. The predicted molar refractivity (Wildman–Crippen MR) is 63.6 cm³/mol. The van der Waals surface area contributed by atoms with Gasteiger partial charge in [-0.15, -0.1) is 0 Å². The van der Waals surface area contributed by atoms with E-state index >= 15 is 0 Å². The fourth-order valence-electron chi connectivity index (χ4n) is 2.13. The van der Waals surface area contributed by atoms with Gasteiger partial charge in [0, 0.05) is 25.1 Å². The van der Waals surface area contributed by atoms with Crippen molar-refractivity contribution in [2.45, 2.75) is 26.0 Å². The fraction of sp³-hybridized carbons (Fsp3) is 0.462. The number of nitrogens with zero attached hydrogens (tertiary/aromatic N) is 1. The number of aliphatic hydroxyl groups excluding tert-OH is 1. The lowest BCUT2D eigenvalue weighted by atomic mass is 10.1. The van der Waals surface area contributed by atoms with Gasteiger partial charge in [-0.2, -0.15) is 0 Å². The zero-order valence-electron chi connectivity index (χ0n) is 9.98. The van der Waals surface area contributed by atoms with Crippen molar-refractivity contribution in [1.82, 2.24) is 4.90 Å². The summed E-state index contributed by atoms with van der Waals surface area (Å²) in [7, 11) is 1.61. The van der Waals surface area contributed by atoms with Gasteiger partial charge in [-0.1, -0.05) is 6.07 Å². The Morgan fingerprint density at radius 1 is 1.47 bits per heavy atom. The Bertz CT molecular complexity index is 417. The van der Waals surface area contributed by atoms with E-state index < -0.39 is 0 Å². The summed E-state index contributed by atoms with van der Waals surface area (Å²) in [4.78, 5) is 13.4. The molecule has 92 valence electrons. The van der Waals surface area contributed by atoms with Crippen LogP contribution in [0.25, 0.3) is 0 Å². The summed E-state index contributed by atoms with van der Waals surface area (Å²) in [5.74, 6) is 0.961. The molecule has 0 aromatic heterocycles. The number of hydrogen-bond donors (Lipinski definition) is 1. The first-order valence-corrected chi connectivity index (χ1v) is 5.79. The average Bonchev–Trinajstić information content (AvgIpc) is 2.75. The van der Waals surface area contributed by atoms with Crippen LogP contribution in [0, 0.1) is 0 Å². The van der Waals surface area contributed by atoms with Gasteiger partial charge in [-0.05, 0) is 24.1 Å². The molecular formula is C13H17NO3. The molecule has 1 aromatic rings. The van der Waals surface area contributed by atoms with Crippen LogP contribution in [0.2, 0.25) is 0 Å². The summed E-state index contributed by atoms with van der Waals surface area (Å²) >= 11 is 0. The number of amides is 1. The zero-order chi connectivity index (χ0) is 12.3. The first-order valence-electron chi connectivity index (χ1n) is 5.79. The van der Waals surface area contributed by atoms with Gasteiger partial charge in [0.05, 0.1) is 13.7 Å². The van der Waals surface area contributed by atoms with Crippen LogP contribution in [-0.2, 0) is 17.9 Å². The van der Waals surface area contributed by atoms with Crippen LogP contribution in [0.5, 0.6) is 5.75 Å². The minimum Gasteiger partial charge on any atom is -0.496 e. The Kier molecular flexibility index (Phi) is 3.64. The van der Waals surface area contributed by atoms with Gasteiger partial charge < -0.3 is 14.7 Å². The number of hydrogen-bond acceptors (Lipinski definition) is 3. The molecule has 1 aliphatic heterocycles. The van der Waals surface area contributed by atoms with Crippen molar-refractivity contribution in [3.8, 4) is 5.75 Å². The molecule has 0 radical (unpaired) electrons. The molecule has 1 amide bonds. The van der Waals surface area contributed by atoms with Crippen LogP contribution < -0.4 is 4.74 Å². The summed E-state index contributed by atoms with van der Waals surface area (Å²) in [5, 5.41) is 9.12. The standard InChI is InChI=1S/C13H17NO3/c1-17-12-5-4-10(9-15)7-11(12)8-14-6-2-3-13(14)16/h4-5,7,15H,2-3,6,8-9H2,1H3. The second kappa shape index (κ2) is 5.19. The third kappa shape index (κ3) is 2.58. The third-order valence-corrected chi connectivity index (χ3v) is 3.06. The van der Waals surface area contributed by atoms with E-state index in [0.29, 0.717) is 13.0 Å². The molecule has 4 nitrogen and oxygen atoms in total. The summed E-state index contributed by atoms with van der Waals surface area (Å²) in [5.41, 5.74) is 1.79.